The molecule has 1 saturated heterocycles. The van der Waals surface area contributed by atoms with Gasteiger partial charge in [0, 0.05) is 12.1 Å². The summed E-state index contributed by atoms with van der Waals surface area (Å²) in [5, 5.41) is 12.2. The van der Waals surface area contributed by atoms with Crippen LogP contribution in [0.5, 0.6) is 0 Å². The van der Waals surface area contributed by atoms with Crippen molar-refractivity contribution in [3.8, 4) is 6.07 Å². The Morgan fingerprint density at radius 3 is 3.06 bits per heavy atom. The van der Waals surface area contributed by atoms with Crippen molar-refractivity contribution in [1.82, 2.24) is 10.2 Å². The summed E-state index contributed by atoms with van der Waals surface area (Å²) in [5.74, 6) is 1.23. The van der Waals surface area contributed by atoms with Gasteiger partial charge in [-0.2, -0.15) is 5.26 Å². The fraction of sp³-hybridized carbons (Fsp3) is 0.615. The van der Waals surface area contributed by atoms with E-state index in [9.17, 15) is 0 Å². The Bertz CT molecular complexity index is 407. The number of furan rings is 1. The van der Waals surface area contributed by atoms with Crippen LogP contribution in [0.25, 0.3) is 0 Å². The van der Waals surface area contributed by atoms with Crippen molar-refractivity contribution in [1.29, 1.82) is 5.26 Å². The normalized spacial score (nSPS) is 25.7. The van der Waals surface area contributed by atoms with Gasteiger partial charge in [-0.25, -0.2) is 0 Å². The molecule has 0 saturated carbocycles. The first-order valence-electron chi connectivity index (χ1n) is 6.11. The summed E-state index contributed by atoms with van der Waals surface area (Å²) in [7, 11) is 2.17. The number of nitrogens with zero attached hydrogens (tertiary/aromatic N) is 2. The fourth-order valence-corrected chi connectivity index (χ4v) is 2.25. The average molecular weight is 233 g/mol. The zero-order valence-corrected chi connectivity index (χ0v) is 10.4. The Kier molecular flexibility index (Phi) is 3.82. The second-order valence-corrected chi connectivity index (χ2v) is 4.81. The molecule has 0 radical (unpaired) electrons. The fourth-order valence-electron chi connectivity index (χ4n) is 2.25. The maximum Gasteiger partial charge on any atom is 0.203 e. The average Bonchev–Trinajstić information content (AvgIpc) is 2.79. The van der Waals surface area contributed by atoms with Crippen molar-refractivity contribution < 1.29 is 4.42 Å². The van der Waals surface area contributed by atoms with Crippen LogP contribution in [0.15, 0.2) is 16.5 Å². The van der Waals surface area contributed by atoms with E-state index < -0.39 is 0 Å². The van der Waals surface area contributed by atoms with Crippen LogP contribution in [0, 0.1) is 11.3 Å². The van der Waals surface area contributed by atoms with Crippen LogP contribution in [0.2, 0.25) is 0 Å². The van der Waals surface area contributed by atoms with Gasteiger partial charge in [-0.15, -0.1) is 0 Å². The Labute approximate surface area is 102 Å². The summed E-state index contributed by atoms with van der Waals surface area (Å²) >= 11 is 0. The first-order valence-corrected chi connectivity index (χ1v) is 6.11. The Morgan fingerprint density at radius 1 is 1.59 bits per heavy atom. The quantitative estimate of drug-likeness (QED) is 0.863. The molecule has 1 N–H and O–H groups in total. The zero-order valence-electron chi connectivity index (χ0n) is 10.4. The molecule has 92 valence electrons. The highest BCUT2D eigenvalue weighted by Crippen LogP contribution is 2.16. The van der Waals surface area contributed by atoms with Gasteiger partial charge >= 0.3 is 0 Å². The van der Waals surface area contributed by atoms with Gasteiger partial charge in [0.15, 0.2) is 0 Å². The van der Waals surface area contributed by atoms with Crippen LogP contribution in [0.4, 0.5) is 0 Å². The van der Waals surface area contributed by atoms with Crippen LogP contribution >= 0.6 is 0 Å². The smallest absolute Gasteiger partial charge is 0.203 e. The molecule has 0 aromatic carbocycles. The third-order valence-electron chi connectivity index (χ3n) is 3.55. The lowest BCUT2D eigenvalue weighted by molar-refractivity contribution is 0.167. The zero-order chi connectivity index (χ0) is 12.3. The van der Waals surface area contributed by atoms with E-state index in [1.807, 2.05) is 12.1 Å². The molecule has 0 amide bonds. The predicted octanol–water partition coefficient (Wildman–Crippen LogP) is 1.72. The number of rotatable bonds is 3. The molecule has 0 spiro atoms. The second-order valence-electron chi connectivity index (χ2n) is 4.81. The van der Waals surface area contributed by atoms with E-state index in [1.165, 1.54) is 12.8 Å². The molecule has 1 aromatic rings. The van der Waals surface area contributed by atoms with E-state index in [4.69, 9.17) is 9.68 Å². The minimum Gasteiger partial charge on any atom is -0.449 e. The third kappa shape index (κ3) is 3.09. The number of likely N-dealkylation sites (tertiary alicyclic amines) is 1. The van der Waals surface area contributed by atoms with Gasteiger partial charge in [-0.1, -0.05) is 0 Å². The summed E-state index contributed by atoms with van der Waals surface area (Å²) in [6, 6.07) is 6.76. The minimum atomic E-state index is 0.388. The molecular formula is C13H19N3O. The number of nitrogens with one attached hydrogen (secondary N) is 1. The van der Waals surface area contributed by atoms with E-state index in [2.05, 4.69) is 24.2 Å². The van der Waals surface area contributed by atoms with Gasteiger partial charge < -0.3 is 14.6 Å². The van der Waals surface area contributed by atoms with Crippen LogP contribution in [0.1, 0.15) is 31.3 Å². The molecule has 1 aromatic heterocycles. The van der Waals surface area contributed by atoms with E-state index >= 15 is 0 Å². The van der Waals surface area contributed by atoms with Crippen LogP contribution in [0.3, 0.4) is 0 Å². The summed E-state index contributed by atoms with van der Waals surface area (Å²) < 4.78 is 5.34. The highest BCUT2D eigenvalue weighted by atomic mass is 16.3. The maximum atomic E-state index is 8.66. The molecule has 4 nitrogen and oxygen atoms in total. The molecule has 17 heavy (non-hydrogen) atoms. The first-order chi connectivity index (χ1) is 8.19. The molecule has 1 fully saturated rings. The van der Waals surface area contributed by atoms with Gasteiger partial charge in [0.05, 0.1) is 6.54 Å². The van der Waals surface area contributed by atoms with Crippen LogP contribution in [-0.4, -0.2) is 30.6 Å². The lowest BCUT2D eigenvalue weighted by atomic mass is 9.99. The highest BCUT2D eigenvalue weighted by Gasteiger charge is 2.22. The van der Waals surface area contributed by atoms with Crippen molar-refractivity contribution in [2.75, 3.05) is 13.6 Å². The van der Waals surface area contributed by atoms with Crippen LogP contribution in [-0.2, 0) is 6.54 Å². The van der Waals surface area contributed by atoms with E-state index in [0.29, 0.717) is 24.4 Å². The largest absolute Gasteiger partial charge is 0.449 e. The summed E-state index contributed by atoms with van der Waals surface area (Å²) in [6.45, 7) is 4.11. The molecule has 0 aliphatic carbocycles. The molecule has 0 bridgehead atoms. The molecule has 2 unspecified atom stereocenters. The molecule has 2 atom stereocenters. The first kappa shape index (κ1) is 12.2. The van der Waals surface area contributed by atoms with Gasteiger partial charge in [0.25, 0.3) is 0 Å². The molecule has 1 aliphatic heterocycles. The number of nitriles is 1. The summed E-state index contributed by atoms with van der Waals surface area (Å²) in [4.78, 5) is 2.39. The van der Waals surface area contributed by atoms with E-state index in [-0.39, 0.29) is 0 Å². The topological polar surface area (TPSA) is 52.2 Å². The number of piperidine rings is 1. The Morgan fingerprint density at radius 2 is 2.41 bits per heavy atom. The van der Waals surface area contributed by atoms with Crippen molar-refractivity contribution >= 4 is 0 Å². The summed E-state index contributed by atoms with van der Waals surface area (Å²) in [5.41, 5.74) is 0. The van der Waals surface area contributed by atoms with E-state index in [0.717, 1.165) is 12.3 Å². The van der Waals surface area contributed by atoms with Gasteiger partial charge in [-0.3, -0.25) is 0 Å². The predicted molar refractivity (Wildman–Crippen MR) is 65.4 cm³/mol. The van der Waals surface area contributed by atoms with Crippen molar-refractivity contribution in [3.63, 3.8) is 0 Å². The monoisotopic (exact) mass is 233 g/mol. The van der Waals surface area contributed by atoms with Crippen molar-refractivity contribution in [2.45, 2.75) is 38.4 Å². The van der Waals surface area contributed by atoms with Crippen molar-refractivity contribution in [2.24, 2.45) is 0 Å². The maximum absolute atomic E-state index is 8.66. The van der Waals surface area contributed by atoms with E-state index in [1.54, 1.807) is 6.07 Å². The van der Waals surface area contributed by atoms with Gasteiger partial charge in [-0.05, 0) is 45.5 Å². The third-order valence-corrected chi connectivity index (χ3v) is 3.55. The Balaban J connectivity index is 1.81. The summed E-state index contributed by atoms with van der Waals surface area (Å²) in [6.07, 6.45) is 2.34. The van der Waals surface area contributed by atoms with Crippen LogP contribution < -0.4 is 5.32 Å². The SMILES string of the molecule is CC1CC(NCc2ccc(C#N)o2)CCN1C. The lowest BCUT2D eigenvalue weighted by Gasteiger charge is -2.35. The highest BCUT2D eigenvalue weighted by molar-refractivity contribution is 5.18. The van der Waals surface area contributed by atoms with Gasteiger partial charge in [0.1, 0.15) is 11.8 Å². The number of hydrogen-bond donors (Lipinski definition) is 1. The molecule has 4 heteroatoms. The molecule has 2 heterocycles. The molecule has 1 aliphatic rings. The number of hydrogen-bond acceptors (Lipinski definition) is 4. The molecule has 2 rings (SSSR count). The Hall–Kier alpha value is -1.31. The second kappa shape index (κ2) is 5.35. The minimum absolute atomic E-state index is 0.388. The van der Waals surface area contributed by atoms with Gasteiger partial charge in [0.2, 0.25) is 5.76 Å². The molecular weight excluding hydrogens is 214 g/mol. The lowest BCUT2D eigenvalue weighted by Crippen LogP contribution is -2.45. The van der Waals surface area contributed by atoms with Crippen molar-refractivity contribution in [3.05, 3.63) is 23.7 Å². The standard InChI is InChI=1S/C13H19N3O/c1-10-7-11(5-6-16(10)2)15-9-13-4-3-12(8-14)17-13/h3-4,10-11,15H,5-7,9H2,1-2H3.